The topological polar surface area (TPSA) is 0 Å². The number of hydrogen-bond acceptors (Lipinski definition) is 0. The van der Waals surface area contributed by atoms with Crippen molar-refractivity contribution < 1.29 is 0 Å². The van der Waals surface area contributed by atoms with Crippen LogP contribution >= 0.6 is 0 Å². The Balaban J connectivity index is 3.22. The fourth-order valence-electron chi connectivity index (χ4n) is 1.02. The zero-order valence-corrected chi connectivity index (χ0v) is 7.28. The zero-order valence-electron chi connectivity index (χ0n) is 7.28. The Morgan fingerprint density at radius 1 is 0.889 bits per heavy atom. The van der Waals surface area contributed by atoms with Gasteiger partial charge in [-0.05, 0) is 18.3 Å². The van der Waals surface area contributed by atoms with E-state index in [1.807, 2.05) is 0 Å². The minimum absolute atomic E-state index is 0.931. The summed E-state index contributed by atoms with van der Waals surface area (Å²) in [4.78, 5) is 0. The van der Waals surface area contributed by atoms with Crippen molar-refractivity contribution in [2.45, 2.75) is 47.0 Å². The molecule has 0 bridgehead atoms. The second-order valence-corrected chi connectivity index (χ2v) is 3.26. The Morgan fingerprint density at radius 3 is 1.44 bits per heavy atom. The average Bonchev–Trinajstić information content (AvgIpc) is 1.87. The average molecular weight is 128 g/mol. The lowest BCUT2D eigenvalue weighted by Gasteiger charge is -2.12. The van der Waals surface area contributed by atoms with E-state index in [1.54, 1.807) is 0 Å². The molecule has 0 saturated heterocycles. The minimum atomic E-state index is 0.931. The molecule has 0 N–H and O–H groups in total. The first-order valence-electron chi connectivity index (χ1n) is 4.20. The molecule has 0 radical (unpaired) electrons. The van der Waals surface area contributed by atoms with Crippen molar-refractivity contribution >= 4 is 0 Å². The summed E-state index contributed by atoms with van der Waals surface area (Å²) in [6.07, 6.45) is 4.08. The summed E-state index contributed by atoms with van der Waals surface area (Å²) in [7, 11) is 0. The predicted octanol–water partition coefficient (Wildman–Crippen LogP) is 3.47. The van der Waals surface area contributed by atoms with Gasteiger partial charge in [-0.2, -0.15) is 0 Å². The summed E-state index contributed by atoms with van der Waals surface area (Å²) in [6, 6.07) is 0. The molecule has 56 valence electrons. The quantitative estimate of drug-likeness (QED) is 0.544. The molecule has 0 aromatic heterocycles. The van der Waals surface area contributed by atoms with Gasteiger partial charge in [-0.3, -0.25) is 0 Å². The van der Waals surface area contributed by atoms with Gasteiger partial charge in [-0.25, -0.2) is 0 Å². The van der Waals surface area contributed by atoms with Crippen molar-refractivity contribution in [3.63, 3.8) is 0 Å². The molecular formula is C9H20. The van der Waals surface area contributed by atoms with Crippen molar-refractivity contribution in [1.82, 2.24) is 0 Å². The summed E-state index contributed by atoms with van der Waals surface area (Å²) in [5, 5.41) is 0. The van der Waals surface area contributed by atoms with Gasteiger partial charge >= 0.3 is 0 Å². The summed E-state index contributed by atoms with van der Waals surface area (Å²) < 4.78 is 0. The van der Waals surface area contributed by atoms with Crippen molar-refractivity contribution in [2.75, 3.05) is 0 Å². The molecular weight excluding hydrogens is 108 g/mol. The highest BCUT2D eigenvalue weighted by molar-refractivity contribution is 4.55. The van der Waals surface area contributed by atoms with Crippen LogP contribution in [0.1, 0.15) is 47.0 Å². The van der Waals surface area contributed by atoms with Crippen LogP contribution in [0.3, 0.4) is 0 Å². The summed E-state index contributed by atoms with van der Waals surface area (Å²) in [5.74, 6) is 1.86. The molecule has 0 aliphatic carbocycles. The Bertz CT molecular complexity index is 49.1. The molecule has 0 heterocycles. The van der Waals surface area contributed by atoms with E-state index in [-0.39, 0.29) is 0 Å². The van der Waals surface area contributed by atoms with E-state index in [4.69, 9.17) is 0 Å². The second kappa shape index (κ2) is 4.84. The highest BCUT2D eigenvalue weighted by Gasteiger charge is 2.03. The molecule has 0 heteroatoms. The molecule has 0 spiro atoms. The number of rotatable bonds is 4. The van der Waals surface area contributed by atoms with Crippen molar-refractivity contribution in [3.8, 4) is 0 Å². The van der Waals surface area contributed by atoms with Crippen molar-refractivity contribution in [1.29, 1.82) is 0 Å². The molecule has 0 nitrogen and oxygen atoms in total. The Morgan fingerprint density at radius 2 is 1.22 bits per heavy atom. The lowest BCUT2D eigenvalue weighted by atomic mass is 9.94. The Labute approximate surface area is 59.7 Å². The van der Waals surface area contributed by atoms with Gasteiger partial charge in [0.15, 0.2) is 0 Å². The van der Waals surface area contributed by atoms with Crippen LogP contribution in [-0.4, -0.2) is 0 Å². The van der Waals surface area contributed by atoms with Crippen LogP contribution in [0, 0.1) is 11.8 Å². The smallest absolute Gasteiger partial charge is 0.0443 e. The maximum Gasteiger partial charge on any atom is -0.0443 e. The van der Waals surface area contributed by atoms with Crippen molar-refractivity contribution in [2.24, 2.45) is 11.8 Å². The molecule has 2 atom stereocenters. The van der Waals surface area contributed by atoms with E-state index in [0.29, 0.717) is 0 Å². The lowest BCUT2D eigenvalue weighted by Crippen LogP contribution is -2.00. The monoisotopic (exact) mass is 128 g/mol. The molecule has 2 unspecified atom stereocenters. The van der Waals surface area contributed by atoms with Crippen LogP contribution < -0.4 is 0 Å². The standard InChI is InChI=1S/C9H20/c1-5-8(3)7-9(4)6-2/h8-9H,5-7H2,1-4H3. The van der Waals surface area contributed by atoms with Crippen LogP contribution in [-0.2, 0) is 0 Å². The Hall–Kier alpha value is 0. The first-order chi connectivity index (χ1) is 4.20. The highest BCUT2D eigenvalue weighted by atomic mass is 14.1. The molecule has 0 rings (SSSR count). The van der Waals surface area contributed by atoms with E-state index in [0.717, 1.165) is 11.8 Å². The second-order valence-electron chi connectivity index (χ2n) is 3.26. The first kappa shape index (κ1) is 9.00. The lowest BCUT2D eigenvalue weighted by molar-refractivity contribution is 0.397. The fourth-order valence-corrected chi connectivity index (χ4v) is 1.02. The van der Waals surface area contributed by atoms with E-state index >= 15 is 0 Å². The van der Waals surface area contributed by atoms with Gasteiger partial charge in [0.25, 0.3) is 0 Å². The van der Waals surface area contributed by atoms with Gasteiger partial charge in [0.05, 0.1) is 0 Å². The molecule has 9 heavy (non-hydrogen) atoms. The SMILES string of the molecule is CCC(C)CC(C)CC. The molecule has 0 saturated carbocycles. The van der Waals surface area contributed by atoms with Crippen LogP contribution in [0.4, 0.5) is 0 Å². The third-order valence-corrected chi connectivity index (χ3v) is 2.20. The summed E-state index contributed by atoms with van der Waals surface area (Å²) >= 11 is 0. The fraction of sp³-hybridized carbons (Fsp3) is 1.00. The molecule has 0 amide bonds. The van der Waals surface area contributed by atoms with Crippen LogP contribution in [0.15, 0.2) is 0 Å². The molecule has 0 aliphatic rings. The van der Waals surface area contributed by atoms with Gasteiger partial charge in [0.1, 0.15) is 0 Å². The number of hydrogen-bond donors (Lipinski definition) is 0. The first-order valence-corrected chi connectivity index (χ1v) is 4.20. The third kappa shape index (κ3) is 4.50. The normalized spacial score (nSPS) is 17.3. The van der Waals surface area contributed by atoms with Crippen LogP contribution in [0.2, 0.25) is 0 Å². The molecule has 0 fully saturated rings. The summed E-state index contributed by atoms with van der Waals surface area (Å²) in [6.45, 7) is 9.22. The van der Waals surface area contributed by atoms with Gasteiger partial charge in [-0.15, -0.1) is 0 Å². The Kier molecular flexibility index (Phi) is 4.84. The molecule has 0 aromatic carbocycles. The van der Waals surface area contributed by atoms with E-state index in [1.165, 1.54) is 19.3 Å². The van der Waals surface area contributed by atoms with Crippen LogP contribution in [0.25, 0.3) is 0 Å². The van der Waals surface area contributed by atoms with Gasteiger partial charge < -0.3 is 0 Å². The van der Waals surface area contributed by atoms with E-state index < -0.39 is 0 Å². The highest BCUT2D eigenvalue weighted by Crippen LogP contribution is 2.16. The third-order valence-electron chi connectivity index (χ3n) is 2.20. The van der Waals surface area contributed by atoms with E-state index in [2.05, 4.69) is 27.7 Å². The minimum Gasteiger partial charge on any atom is -0.0651 e. The van der Waals surface area contributed by atoms with Gasteiger partial charge in [0.2, 0.25) is 0 Å². The maximum absolute atomic E-state index is 2.34. The van der Waals surface area contributed by atoms with Crippen molar-refractivity contribution in [3.05, 3.63) is 0 Å². The molecule has 0 aromatic rings. The van der Waals surface area contributed by atoms with Gasteiger partial charge in [-0.1, -0.05) is 40.5 Å². The van der Waals surface area contributed by atoms with Gasteiger partial charge in [0, 0.05) is 0 Å². The molecule has 0 aliphatic heterocycles. The van der Waals surface area contributed by atoms with E-state index in [9.17, 15) is 0 Å². The van der Waals surface area contributed by atoms with Crippen LogP contribution in [0.5, 0.6) is 0 Å². The largest absolute Gasteiger partial charge is 0.0651 e. The maximum atomic E-state index is 2.34. The predicted molar refractivity (Wildman–Crippen MR) is 43.5 cm³/mol. The summed E-state index contributed by atoms with van der Waals surface area (Å²) in [5.41, 5.74) is 0. The zero-order chi connectivity index (χ0) is 7.28.